The Morgan fingerprint density at radius 2 is 1.64 bits per heavy atom. The Labute approximate surface area is 130 Å². The van der Waals surface area contributed by atoms with Crippen LogP contribution in [0.4, 0.5) is 17.1 Å². The Morgan fingerprint density at radius 3 is 2.18 bits per heavy atom. The average Bonchev–Trinajstić information content (AvgIpc) is 2.59. The molecule has 0 radical (unpaired) electrons. The lowest BCUT2D eigenvalue weighted by atomic mass is 10.1. The highest BCUT2D eigenvalue weighted by Crippen LogP contribution is 2.37. The standard InChI is InChI=1S/C17H21N3O2/c1-18-14-8-15(19-2)17(16(9-14)20-3)22-11-13-7-5-4-6-12(13)10-21/h4-10,18-20H,11H2,1-3H3. The molecule has 0 saturated heterocycles. The van der Waals surface area contributed by atoms with Crippen molar-refractivity contribution in [1.82, 2.24) is 0 Å². The van der Waals surface area contributed by atoms with E-state index < -0.39 is 0 Å². The zero-order valence-corrected chi connectivity index (χ0v) is 13.1. The number of ether oxygens (including phenoxy) is 1. The summed E-state index contributed by atoms with van der Waals surface area (Å²) in [7, 11) is 5.57. The Bertz CT molecular complexity index is 631. The van der Waals surface area contributed by atoms with E-state index in [1.807, 2.05) is 51.5 Å². The predicted octanol–water partition coefficient (Wildman–Crippen LogP) is 3.20. The van der Waals surface area contributed by atoms with Crippen LogP contribution in [0, 0.1) is 0 Å². The fourth-order valence-electron chi connectivity index (χ4n) is 2.23. The monoisotopic (exact) mass is 299 g/mol. The topological polar surface area (TPSA) is 62.4 Å². The molecule has 0 atom stereocenters. The summed E-state index contributed by atoms with van der Waals surface area (Å²) >= 11 is 0. The second-order valence-corrected chi connectivity index (χ2v) is 4.76. The lowest BCUT2D eigenvalue weighted by Gasteiger charge is -2.18. The zero-order chi connectivity index (χ0) is 15.9. The first kappa shape index (κ1) is 15.7. The molecule has 0 saturated carbocycles. The number of aldehydes is 1. The van der Waals surface area contributed by atoms with Crippen molar-refractivity contribution in [3.8, 4) is 5.75 Å². The Morgan fingerprint density at radius 1 is 1.00 bits per heavy atom. The third kappa shape index (κ3) is 3.31. The first-order valence-electron chi connectivity index (χ1n) is 7.10. The summed E-state index contributed by atoms with van der Waals surface area (Å²) in [6.07, 6.45) is 0.848. The number of carbonyl (C=O) groups excluding carboxylic acids is 1. The second-order valence-electron chi connectivity index (χ2n) is 4.76. The molecule has 2 aromatic rings. The fourth-order valence-corrected chi connectivity index (χ4v) is 2.23. The predicted molar refractivity (Wildman–Crippen MR) is 91.2 cm³/mol. The Balaban J connectivity index is 2.30. The molecule has 5 nitrogen and oxygen atoms in total. The van der Waals surface area contributed by atoms with E-state index in [2.05, 4.69) is 16.0 Å². The number of nitrogens with one attached hydrogen (secondary N) is 3. The van der Waals surface area contributed by atoms with Gasteiger partial charge in [-0.15, -0.1) is 0 Å². The van der Waals surface area contributed by atoms with Gasteiger partial charge in [0.15, 0.2) is 5.75 Å². The van der Waals surface area contributed by atoms with Crippen LogP contribution >= 0.6 is 0 Å². The van der Waals surface area contributed by atoms with E-state index in [-0.39, 0.29) is 0 Å². The SMILES string of the molecule is CNc1cc(NC)c(OCc2ccccc2C=O)c(NC)c1. The summed E-state index contributed by atoms with van der Waals surface area (Å²) in [6, 6.07) is 11.4. The van der Waals surface area contributed by atoms with Crippen molar-refractivity contribution in [2.75, 3.05) is 37.1 Å². The molecule has 0 spiro atoms. The van der Waals surface area contributed by atoms with Gasteiger partial charge in [0.1, 0.15) is 12.9 Å². The largest absolute Gasteiger partial charge is 0.485 e. The molecular weight excluding hydrogens is 278 g/mol. The summed E-state index contributed by atoms with van der Waals surface area (Å²) in [6.45, 7) is 0.331. The van der Waals surface area contributed by atoms with Crippen LogP contribution in [0.15, 0.2) is 36.4 Å². The fraction of sp³-hybridized carbons (Fsp3) is 0.235. The van der Waals surface area contributed by atoms with Gasteiger partial charge in [-0.25, -0.2) is 0 Å². The molecular formula is C17H21N3O2. The van der Waals surface area contributed by atoms with Crippen LogP contribution in [0.3, 0.4) is 0 Å². The molecule has 0 aliphatic carbocycles. The molecule has 3 N–H and O–H groups in total. The van der Waals surface area contributed by atoms with E-state index in [0.29, 0.717) is 12.2 Å². The molecule has 116 valence electrons. The lowest BCUT2D eigenvalue weighted by molar-refractivity contribution is 0.112. The number of rotatable bonds is 7. The Kier molecular flexibility index (Phi) is 5.25. The van der Waals surface area contributed by atoms with E-state index in [9.17, 15) is 4.79 Å². The summed E-state index contributed by atoms with van der Waals surface area (Å²) in [5, 5.41) is 9.38. The van der Waals surface area contributed by atoms with Crippen LogP contribution in [0.25, 0.3) is 0 Å². The van der Waals surface area contributed by atoms with Crippen molar-refractivity contribution in [1.29, 1.82) is 0 Å². The molecule has 2 aromatic carbocycles. The molecule has 0 heterocycles. The average molecular weight is 299 g/mol. The summed E-state index contributed by atoms with van der Waals surface area (Å²) in [5.41, 5.74) is 4.24. The maximum Gasteiger partial charge on any atom is 0.166 e. The molecule has 0 aromatic heterocycles. The van der Waals surface area contributed by atoms with E-state index in [1.54, 1.807) is 6.07 Å². The van der Waals surface area contributed by atoms with E-state index in [0.717, 1.165) is 34.7 Å². The van der Waals surface area contributed by atoms with Crippen molar-refractivity contribution in [3.05, 3.63) is 47.5 Å². The molecule has 0 amide bonds. The van der Waals surface area contributed by atoms with Gasteiger partial charge in [-0.1, -0.05) is 24.3 Å². The molecule has 0 unspecified atom stereocenters. The van der Waals surface area contributed by atoms with Crippen LogP contribution < -0.4 is 20.7 Å². The number of benzene rings is 2. The first-order chi connectivity index (χ1) is 10.7. The quantitative estimate of drug-likeness (QED) is 0.685. The molecule has 0 aliphatic heterocycles. The molecule has 5 heteroatoms. The normalized spacial score (nSPS) is 9.95. The lowest BCUT2D eigenvalue weighted by Crippen LogP contribution is -2.05. The first-order valence-corrected chi connectivity index (χ1v) is 7.10. The van der Waals surface area contributed by atoms with Gasteiger partial charge in [0.2, 0.25) is 0 Å². The molecule has 22 heavy (non-hydrogen) atoms. The molecule has 0 aliphatic rings. The number of hydrogen-bond acceptors (Lipinski definition) is 5. The third-order valence-corrected chi connectivity index (χ3v) is 3.47. The van der Waals surface area contributed by atoms with Gasteiger partial charge in [0, 0.05) is 32.4 Å². The smallest absolute Gasteiger partial charge is 0.166 e. The zero-order valence-electron chi connectivity index (χ0n) is 13.1. The minimum absolute atomic E-state index is 0.331. The van der Waals surface area contributed by atoms with E-state index >= 15 is 0 Å². The number of anilines is 3. The van der Waals surface area contributed by atoms with Gasteiger partial charge in [0.25, 0.3) is 0 Å². The summed E-state index contributed by atoms with van der Waals surface area (Å²) in [5.74, 6) is 0.727. The highest BCUT2D eigenvalue weighted by molar-refractivity contribution is 5.78. The van der Waals surface area contributed by atoms with Gasteiger partial charge < -0.3 is 20.7 Å². The second kappa shape index (κ2) is 7.36. The van der Waals surface area contributed by atoms with E-state index in [4.69, 9.17) is 4.74 Å². The van der Waals surface area contributed by atoms with E-state index in [1.165, 1.54) is 0 Å². The van der Waals surface area contributed by atoms with Gasteiger partial charge in [-0.3, -0.25) is 4.79 Å². The van der Waals surface area contributed by atoms with Gasteiger partial charge in [-0.2, -0.15) is 0 Å². The highest BCUT2D eigenvalue weighted by atomic mass is 16.5. The van der Waals surface area contributed by atoms with Gasteiger partial charge >= 0.3 is 0 Å². The van der Waals surface area contributed by atoms with Crippen LogP contribution in [0.2, 0.25) is 0 Å². The number of hydrogen-bond donors (Lipinski definition) is 3. The molecule has 0 fully saturated rings. The van der Waals surface area contributed by atoms with Crippen LogP contribution in [0.1, 0.15) is 15.9 Å². The maximum absolute atomic E-state index is 11.1. The van der Waals surface area contributed by atoms with Crippen LogP contribution in [-0.4, -0.2) is 27.4 Å². The van der Waals surface area contributed by atoms with Crippen LogP contribution in [-0.2, 0) is 6.61 Å². The Hall–Kier alpha value is -2.69. The highest BCUT2D eigenvalue weighted by Gasteiger charge is 2.12. The number of carbonyl (C=O) groups is 1. The van der Waals surface area contributed by atoms with Gasteiger partial charge in [-0.05, 0) is 17.7 Å². The van der Waals surface area contributed by atoms with Crippen molar-refractivity contribution in [2.45, 2.75) is 6.61 Å². The molecule has 0 bridgehead atoms. The van der Waals surface area contributed by atoms with Crippen molar-refractivity contribution < 1.29 is 9.53 Å². The maximum atomic E-state index is 11.1. The van der Waals surface area contributed by atoms with Crippen molar-refractivity contribution >= 4 is 23.3 Å². The minimum atomic E-state index is 0.331. The molecule has 2 rings (SSSR count). The summed E-state index contributed by atoms with van der Waals surface area (Å²) < 4.78 is 5.97. The van der Waals surface area contributed by atoms with Gasteiger partial charge in [0.05, 0.1) is 11.4 Å². The minimum Gasteiger partial charge on any atom is -0.485 e. The summed E-state index contributed by atoms with van der Waals surface area (Å²) in [4.78, 5) is 11.1. The third-order valence-electron chi connectivity index (χ3n) is 3.47. The van der Waals surface area contributed by atoms with Crippen molar-refractivity contribution in [3.63, 3.8) is 0 Å². The van der Waals surface area contributed by atoms with Crippen LogP contribution in [0.5, 0.6) is 5.75 Å². The van der Waals surface area contributed by atoms with Crippen molar-refractivity contribution in [2.24, 2.45) is 0 Å².